The van der Waals surface area contributed by atoms with Gasteiger partial charge in [0, 0.05) is 12.6 Å². The number of unbranched alkanes of at least 4 members (excludes halogenated alkanes) is 2. The molecule has 1 aliphatic rings. The first kappa shape index (κ1) is 30.2. The van der Waals surface area contributed by atoms with Gasteiger partial charge in [0.1, 0.15) is 5.75 Å². The minimum absolute atomic E-state index is 0.0521. The summed E-state index contributed by atoms with van der Waals surface area (Å²) in [5, 5.41) is 22.2. The van der Waals surface area contributed by atoms with Crippen LogP contribution >= 0.6 is 0 Å². The number of benzene rings is 2. The fourth-order valence-corrected chi connectivity index (χ4v) is 6.82. The molecule has 0 saturated heterocycles. The standard InChI is InChI=1S/C34H51NO3/c1-24(2)29-16-14-17-30(25(3)4)31(29)15-10-8-11-20-33(7,38)34(21-12-9-13-22-34)35(27(6)36)28-18-19-32(37)26(5)23-28/h14,16-19,23-25,37-38H,8-13,15,20-22H2,1-7H3. The Morgan fingerprint density at radius 2 is 1.58 bits per heavy atom. The summed E-state index contributed by atoms with van der Waals surface area (Å²) >= 11 is 0. The number of carbonyl (C=O) groups excluding carboxylic acids is 1. The average Bonchev–Trinajstić information content (AvgIpc) is 2.86. The van der Waals surface area contributed by atoms with E-state index in [9.17, 15) is 15.0 Å². The lowest BCUT2D eigenvalue weighted by molar-refractivity contribution is -0.122. The second kappa shape index (κ2) is 12.7. The van der Waals surface area contributed by atoms with Crippen molar-refractivity contribution in [3.63, 3.8) is 0 Å². The van der Waals surface area contributed by atoms with Crippen LogP contribution in [0.15, 0.2) is 36.4 Å². The van der Waals surface area contributed by atoms with E-state index in [1.807, 2.05) is 30.9 Å². The largest absolute Gasteiger partial charge is 0.508 e. The number of anilines is 1. The topological polar surface area (TPSA) is 60.8 Å². The Hall–Kier alpha value is -2.33. The van der Waals surface area contributed by atoms with Crippen LogP contribution in [0.5, 0.6) is 5.75 Å². The van der Waals surface area contributed by atoms with E-state index in [1.165, 1.54) is 16.7 Å². The van der Waals surface area contributed by atoms with Gasteiger partial charge in [-0.2, -0.15) is 0 Å². The summed E-state index contributed by atoms with van der Waals surface area (Å²) in [4.78, 5) is 15.0. The molecule has 1 amide bonds. The average molecular weight is 522 g/mol. The van der Waals surface area contributed by atoms with Crippen LogP contribution in [0.1, 0.15) is 133 Å². The van der Waals surface area contributed by atoms with Gasteiger partial charge in [0.15, 0.2) is 0 Å². The molecule has 2 aromatic carbocycles. The Morgan fingerprint density at radius 1 is 0.974 bits per heavy atom. The molecule has 3 rings (SSSR count). The highest BCUT2D eigenvalue weighted by molar-refractivity contribution is 5.93. The molecule has 0 aromatic heterocycles. The molecule has 2 N–H and O–H groups in total. The van der Waals surface area contributed by atoms with E-state index in [4.69, 9.17) is 0 Å². The molecule has 1 aliphatic carbocycles. The summed E-state index contributed by atoms with van der Waals surface area (Å²) < 4.78 is 0. The van der Waals surface area contributed by atoms with Gasteiger partial charge in [0.2, 0.25) is 5.91 Å². The third-order valence-corrected chi connectivity index (χ3v) is 8.95. The molecule has 0 bridgehead atoms. The lowest BCUT2D eigenvalue weighted by Crippen LogP contribution is -2.65. The van der Waals surface area contributed by atoms with E-state index >= 15 is 0 Å². The summed E-state index contributed by atoms with van der Waals surface area (Å²) in [6, 6.07) is 12.1. The van der Waals surface area contributed by atoms with Crippen LogP contribution in [0.2, 0.25) is 0 Å². The molecule has 210 valence electrons. The molecular weight excluding hydrogens is 470 g/mol. The number of nitrogens with zero attached hydrogens (tertiary/aromatic N) is 1. The summed E-state index contributed by atoms with van der Waals surface area (Å²) in [6.07, 6.45) is 9.52. The number of aromatic hydroxyl groups is 1. The first-order valence-corrected chi connectivity index (χ1v) is 14.9. The maximum Gasteiger partial charge on any atom is 0.224 e. The number of phenols is 1. The third-order valence-electron chi connectivity index (χ3n) is 8.95. The molecule has 0 radical (unpaired) electrons. The first-order chi connectivity index (χ1) is 17.9. The van der Waals surface area contributed by atoms with Crippen LogP contribution in [0, 0.1) is 6.92 Å². The molecule has 1 saturated carbocycles. The highest BCUT2D eigenvalue weighted by Crippen LogP contribution is 2.46. The number of aliphatic hydroxyl groups is 1. The van der Waals surface area contributed by atoms with Crippen molar-refractivity contribution in [1.82, 2.24) is 0 Å². The van der Waals surface area contributed by atoms with Gasteiger partial charge in [-0.05, 0) is 98.2 Å². The number of hydrogen-bond donors (Lipinski definition) is 2. The monoisotopic (exact) mass is 521 g/mol. The van der Waals surface area contributed by atoms with Gasteiger partial charge in [-0.1, -0.05) is 78.0 Å². The third kappa shape index (κ3) is 6.45. The minimum Gasteiger partial charge on any atom is -0.508 e. The van der Waals surface area contributed by atoms with Crippen LogP contribution in [0.4, 0.5) is 5.69 Å². The molecule has 0 aliphatic heterocycles. The Balaban J connectivity index is 1.77. The molecule has 38 heavy (non-hydrogen) atoms. The van der Waals surface area contributed by atoms with Gasteiger partial charge in [-0.3, -0.25) is 4.79 Å². The SMILES string of the molecule is CC(=O)N(c1ccc(O)c(C)c1)C1(C(C)(O)CCCCCc2c(C(C)C)cccc2C(C)C)CCCCC1. The molecular formula is C34H51NO3. The molecule has 0 spiro atoms. The zero-order valence-electron chi connectivity index (χ0n) is 24.9. The van der Waals surface area contributed by atoms with Crippen LogP contribution in [-0.4, -0.2) is 27.3 Å². The molecule has 1 unspecified atom stereocenters. The van der Waals surface area contributed by atoms with E-state index in [0.717, 1.165) is 69.0 Å². The lowest BCUT2D eigenvalue weighted by atomic mass is 9.67. The van der Waals surface area contributed by atoms with E-state index in [1.54, 1.807) is 13.0 Å². The van der Waals surface area contributed by atoms with Gasteiger partial charge < -0.3 is 15.1 Å². The van der Waals surface area contributed by atoms with Crippen molar-refractivity contribution >= 4 is 11.6 Å². The van der Waals surface area contributed by atoms with E-state index in [2.05, 4.69) is 45.9 Å². The summed E-state index contributed by atoms with van der Waals surface area (Å²) in [6.45, 7) is 14.5. The van der Waals surface area contributed by atoms with Gasteiger partial charge in [-0.15, -0.1) is 0 Å². The Morgan fingerprint density at radius 3 is 2.11 bits per heavy atom. The fourth-order valence-electron chi connectivity index (χ4n) is 6.82. The number of amides is 1. The zero-order valence-corrected chi connectivity index (χ0v) is 24.9. The first-order valence-electron chi connectivity index (χ1n) is 14.9. The van der Waals surface area contributed by atoms with E-state index < -0.39 is 11.1 Å². The Bertz CT molecular complexity index is 1050. The lowest BCUT2D eigenvalue weighted by Gasteiger charge is -2.54. The molecule has 4 nitrogen and oxygen atoms in total. The van der Waals surface area contributed by atoms with Gasteiger partial charge >= 0.3 is 0 Å². The van der Waals surface area contributed by atoms with Gasteiger partial charge in [0.25, 0.3) is 0 Å². The minimum atomic E-state index is -1.01. The molecule has 1 fully saturated rings. The quantitative estimate of drug-likeness (QED) is 0.291. The summed E-state index contributed by atoms with van der Waals surface area (Å²) in [7, 11) is 0. The van der Waals surface area contributed by atoms with Crippen molar-refractivity contribution in [2.75, 3.05) is 4.90 Å². The van der Waals surface area contributed by atoms with Crippen molar-refractivity contribution in [2.45, 2.75) is 136 Å². The predicted molar refractivity (Wildman–Crippen MR) is 159 cm³/mol. The maximum atomic E-state index is 13.2. The molecule has 4 heteroatoms. The van der Waals surface area contributed by atoms with E-state index in [-0.39, 0.29) is 11.7 Å². The highest BCUT2D eigenvalue weighted by atomic mass is 16.3. The Kier molecular flexibility index (Phi) is 10.1. The van der Waals surface area contributed by atoms with Crippen molar-refractivity contribution in [2.24, 2.45) is 0 Å². The zero-order chi connectivity index (χ0) is 28.1. The van der Waals surface area contributed by atoms with Crippen molar-refractivity contribution in [1.29, 1.82) is 0 Å². The van der Waals surface area contributed by atoms with Crippen molar-refractivity contribution in [3.8, 4) is 5.75 Å². The van der Waals surface area contributed by atoms with Gasteiger partial charge in [-0.25, -0.2) is 0 Å². The molecule has 1 atom stereocenters. The highest BCUT2D eigenvalue weighted by Gasteiger charge is 2.52. The number of carbonyl (C=O) groups is 1. The smallest absolute Gasteiger partial charge is 0.224 e. The second-order valence-electron chi connectivity index (χ2n) is 12.5. The number of hydrogen-bond acceptors (Lipinski definition) is 3. The van der Waals surface area contributed by atoms with Gasteiger partial charge in [0.05, 0.1) is 11.1 Å². The van der Waals surface area contributed by atoms with Crippen LogP contribution in [0.3, 0.4) is 0 Å². The van der Waals surface area contributed by atoms with Crippen LogP contribution in [-0.2, 0) is 11.2 Å². The maximum absolute atomic E-state index is 13.2. The Labute approximate surface area is 231 Å². The molecule has 2 aromatic rings. The number of rotatable bonds is 11. The summed E-state index contributed by atoms with van der Waals surface area (Å²) in [5.74, 6) is 1.19. The number of phenolic OH excluding ortho intramolecular Hbond substituents is 1. The van der Waals surface area contributed by atoms with Crippen molar-refractivity contribution in [3.05, 3.63) is 58.7 Å². The number of aryl methyl sites for hydroxylation is 1. The fraction of sp³-hybridized carbons (Fsp3) is 0.618. The van der Waals surface area contributed by atoms with Crippen molar-refractivity contribution < 1.29 is 15.0 Å². The van der Waals surface area contributed by atoms with Crippen LogP contribution in [0.25, 0.3) is 0 Å². The van der Waals surface area contributed by atoms with Crippen LogP contribution < -0.4 is 4.90 Å². The second-order valence-corrected chi connectivity index (χ2v) is 12.5. The summed E-state index contributed by atoms with van der Waals surface area (Å²) in [5.41, 5.74) is 4.29. The van der Waals surface area contributed by atoms with E-state index in [0.29, 0.717) is 18.3 Å². The predicted octanol–water partition coefficient (Wildman–Crippen LogP) is 8.56. The molecule has 0 heterocycles. The normalized spacial score (nSPS) is 17.0.